The van der Waals surface area contributed by atoms with E-state index in [0.29, 0.717) is 37.1 Å². The largest absolute Gasteiger partial charge is 0.492 e. The van der Waals surface area contributed by atoms with Crippen LogP contribution in [0, 0.1) is 0 Å². The number of anilines is 1. The third kappa shape index (κ3) is 10.0. The molecule has 0 aliphatic carbocycles. The summed E-state index contributed by atoms with van der Waals surface area (Å²) in [6, 6.07) is 16.8. The molecule has 2 rings (SSSR count). The Morgan fingerprint density at radius 1 is 1.11 bits per heavy atom. The van der Waals surface area contributed by atoms with E-state index in [2.05, 4.69) is 27.2 Å². The van der Waals surface area contributed by atoms with Crippen LogP contribution in [-0.2, 0) is 16.4 Å². The van der Waals surface area contributed by atoms with Crippen LogP contribution in [0.5, 0.6) is 5.75 Å². The van der Waals surface area contributed by atoms with Gasteiger partial charge in [-0.2, -0.15) is 0 Å². The van der Waals surface area contributed by atoms with Crippen LogP contribution in [0.1, 0.15) is 5.56 Å². The van der Waals surface area contributed by atoms with E-state index in [1.54, 1.807) is 24.3 Å². The van der Waals surface area contributed by atoms with Gasteiger partial charge in [-0.15, -0.1) is 24.0 Å². The second-order valence-corrected chi connectivity index (χ2v) is 7.42. The number of rotatable bonds is 9. The number of hydrogen-bond donors (Lipinski definition) is 3. The smallest absolute Gasteiger partial charge is 0.229 e. The van der Waals surface area contributed by atoms with Gasteiger partial charge >= 0.3 is 0 Å². The summed E-state index contributed by atoms with van der Waals surface area (Å²) in [5.74, 6) is 1.03. The van der Waals surface area contributed by atoms with Crippen molar-refractivity contribution in [1.29, 1.82) is 0 Å². The summed E-state index contributed by atoms with van der Waals surface area (Å²) in [7, 11) is -3.27. The normalized spacial score (nSPS) is 11.4. The molecular formula is C18H25IN4O3S. The van der Waals surface area contributed by atoms with Crippen molar-refractivity contribution >= 4 is 45.6 Å². The van der Waals surface area contributed by atoms with Crippen molar-refractivity contribution in [2.75, 3.05) is 30.7 Å². The lowest BCUT2D eigenvalue weighted by Gasteiger charge is -2.09. The fourth-order valence-corrected chi connectivity index (χ4v) is 2.75. The number of hydrogen-bond acceptors (Lipinski definition) is 4. The van der Waals surface area contributed by atoms with Crippen LogP contribution in [0.2, 0.25) is 0 Å². The van der Waals surface area contributed by atoms with Crippen molar-refractivity contribution in [1.82, 2.24) is 5.32 Å². The first-order valence-corrected chi connectivity index (χ1v) is 10.1. The maximum Gasteiger partial charge on any atom is 0.229 e. The molecule has 27 heavy (non-hydrogen) atoms. The summed E-state index contributed by atoms with van der Waals surface area (Å²) in [6.07, 6.45) is 1.95. The standard InChI is InChI=1S/C18H24N4O3S.HI/c1-26(23,24)22-16-7-9-17(10-8-16)25-14-13-21-18(19)20-12-11-15-5-3-2-4-6-15;/h2-10,22H,11-14H2,1H3,(H3,19,20,21);1H. The van der Waals surface area contributed by atoms with Crippen molar-refractivity contribution in [2.24, 2.45) is 10.7 Å². The molecule has 4 N–H and O–H groups in total. The molecule has 0 saturated heterocycles. The molecule has 0 saturated carbocycles. The van der Waals surface area contributed by atoms with Crippen LogP contribution in [-0.4, -0.2) is 40.3 Å². The number of benzene rings is 2. The zero-order valence-corrected chi connectivity index (χ0v) is 18.2. The third-order valence-electron chi connectivity index (χ3n) is 3.36. The minimum Gasteiger partial charge on any atom is -0.492 e. The number of nitrogens with one attached hydrogen (secondary N) is 2. The number of aliphatic imine (C=N–C) groups is 1. The van der Waals surface area contributed by atoms with Gasteiger partial charge in [0.25, 0.3) is 0 Å². The maximum absolute atomic E-state index is 11.1. The van der Waals surface area contributed by atoms with Gasteiger partial charge in [0.05, 0.1) is 12.8 Å². The summed E-state index contributed by atoms with van der Waals surface area (Å²) in [6.45, 7) is 1.55. The Morgan fingerprint density at radius 2 is 1.78 bits per heavy atom. The van der Waals surface area contributed by atoms with Gasteiger partial charge in [0, 0.05) is 12.2 Å². The predicted octanol–water partition coefficient (Wildman–Crippen LogP) is 2.20. The molecule has 9 heteroatoms. The van der Waals surface area contributed by atoms with Crippen molar-refractivity contribution in [2.45, 2.75) is 6.42 Å². The lowest BCUT2D eigenvalue weighted by molar-refractivity contribution is 0.322. The highest BCUT2D eigenvalue weighted by Gasteiger charge is 2.02. The Bertz CT molecular complexity index is 812. The van der Waals surface area contributed by atoms with Gasteiger partial charge < -0.3 is 15.8 Å². The number of sulfonamides is 1. The number of nitrogens with two attached hydrogens (primary N) is 1. The summed E-state index contributed by atoms with van der Waals surface area (Å²) < 4.78 is 30.2. The number of ether oxygens (including phenoxy) is 1. The molecule has 0 bridgehead atoms. The zero-order valence-electron chi connectivity index (χ0n) is 15.1. The van der Waals surface area contributed by atoms with Crippen LogP contribution in [0.15, 0.2) is 59.6 Å². The Balaban J connectivity index is 0.00000364. The minimum absolute atomic E-state index is 0. The first-order valence-electron chi connectivity index (χ1n) is 8.21. The molecule has 0 heterocycles. The maximum atomic E-state index is 11.1. The highest BCUT2D eigenvalue weighted by molar-refractivity contribution is 14.0. The second-order valence-electron chi connectivity index (χ2n) is 5.68. The molecule has 0 fully saturated rings. The van der Waals surface area contributed by atoms with E-state index < -0.39 is 10.0 Å². The van der Waals surface area contributed by atoms with Gasteiger partial charge in [-0.05, 0) is 36.2 Å². The molecule has 0 atom stereocenters. The van der Waals surface area contributed by atoms with Gasteiger partial charge in [0.2, 0.25) is 10.0 Å². The molecule has 0 spiro atoms. The Kier molecular flexibility index (Phi) is 9.94. The monoisotopic (exact) mass is 504 g/mol. The van der Waals surface area contributed by atoms with Crippen molar-refractivity contribution in [3.63, 3.8) is 0 Å². The van der Waals surface area contributed by atoms with Gasteiger partial charge in [0.15, 0.2) is 5.96 Å². The van der Waals surface area contributed by atoms with E-state index in [0.717, 1.165) is 12.7 Å². The molecule has 0 aliphatic rings. The molecule has 7 nitrogen and oxygen atoms in total. The van der Waals surface area contributed by atoms with Gasteiger partial charge in [-0.3, -0.25) is 9.71 Å². The average molecular weight is 504 g/mol. The van der Waals surface area contributed by atoms with Gasteiger partial charge in [-0.25, -0.2) is 8.42 Å². The topological polar surface area (TPSA) is 106 Å². The summed E-state index contributed by atoms with van der Waals surface area (Å²) >= 11 is 0. The fraction of sp³-hybridized carbons (Fsp3) is 0.278. The highest BCUT2D eigenvalue weighted by atomic mass is 127. The molecule has 2 aromatic rings. The molecule has 0 aliphatic heterocycles. The van der Waals surface area contributed by atoms with Crippen LogP contribution < -0.4 is 20.5 Å². The fourth-order valence-electron chi connectivity index (χ4n) is 2.19. The minimum atomic E-state index is -3.27. The number of guanidine groups is 1. The van der Waals surface area contributed by atoms with E-state index in [4.69, 9.17) is 10.5 Å². The zero-order chi connectivity index (χ0) is 18.8. The van der Waals surface area contributed by atoms with E-state index >= 15 is 0 Å². The molecular weight excluding hydrogens is 479 g/mol. The summed E-state index contributed by atoms with van der Waals surface area (Å²) in [4.78, 5) is 4.27. The molecule has 0 radical (unpaired) electrons. The highest BCUT2D eigenvalue weighted by Crippen LogP contribution is 2.16. The lowest BCUT2D eigenvalue weighted by atomic mass is 10.2. The van der Waals surface area contributed by atoms with Crippen molar-refractivity contribution < 1.29 is 13.2 Å². The van der Waals surface area contributed by atoms with Crippen molar-refractivity contribution in [3.8, 4) is 5.75 Å². The van der Waals surface area contributed by atoms with Crippen LogP contribution in [0.3, 0.4) is 0 Å². The summed E-state index contributed by atoms with van der Waals surface area (Å²) in [5.41, 5.74) is 7.53. The molecule has 0 amide bonds. The number of halogens is 1. The van der Waals surface area contributed by atoms with E-state index in [1.165, 1.54) is 5.56 Å². The first kappa shape index (κ1) is 23.0. The van der Waals surface area contributed by atoms with E-state index in [1.807, 2.05) is 18.2 Å². The van der Waals surface area contributed by atoms with Gasteiger partial charge in [-0.1, -0.05) is 30.3 Å². The third-order valence-corrected chi connectivity index (χ3v) is 3.97. The second kappa shape index (κ2) is 11.7. The molecule has 148 valence electrons. The Morgan fingerprint density at radius 3 is 2.41 bits per heavy atom. The van der Waals surface area contributed by atoms with E-state index in [9.17, 15) is 8.42 Å². The van der Waals surface area contributed by atoms with E-state index in [-0.39, 0.29) is 24.0 Å². The molecule has 2 aromatic carbocycles. The predicted molar refractivity (Wildman–Crippen MR) is 120 cm³/mol. The lowest BCUT2D eigenvalue weighted by Crippen LogP contribution is -2.34. The molecule has 0 aromatic heterocycles. The summed E-state index contributed by atoms with van der Waals surface area (Å²) in [5, 5.41) is 2.99. The van der Waals surface area contributed by atoms with Crippen LogP contribution >= 0.6 is 24.0 Å². The van der Waals surface area contributed by atoms with Crippen molar-refractivity contribution in [3.05, 3.63) is 60.2 Å². The SMILES string of the molecule is CS(=O)(=O)Nc1ccc(OCCNC(N)=NCCc2ccccc2)cc1.I. The quantitative estimate of drug-likeness (QED) is 0.210. The Labute approximate surface area is 177 Å². The average Bonchev–Trinajstić information content (AvgIpc) is 2.60. The van der Waals surface area contributed by atoms with Gasteiger partial charge in [0.1, 0.15) is 12.4 Å². The Hall–Kier alpha value is -2.01. The van der Waals surface area contributed by atoms with Crippen LogP contribution in [0.25, 0.3) is 0 Å². The first-order chi connectivity index (χ1) is 12.4. The molecule has 0 unspecified atom stereocenters. The number of nitrogens with zero attached hydrogens (tertiary/aromatic N) is 1. The van der Waals surface area contributed by atoms with Crippen LogP contribution in [0.4, 0.5) is 5.69 Å².